The number of benzene rings is 1. The molecule has 0 spiro atoms. The summed E-state index contributed by atoms with van der Waals surface area (Å²) in [4.78, 5) is 24.2. The zero-order chi connectivity index (χ0) is 13.7. The molecule has 1 N–H and O–H groups in total. The average molecular weight is 408 g/mol. The van der Waals surface area contributed by atoms with E-state index in [1.807, 2.05) is 4.57 Å². The van der Waals surface area contributed by atoms with Crippen molar-refractivity contribution < 1.29 is 9.90 Å². The highest BCUT2D eigenvalue weighted by Crippen LogP contribution is 2.39. The van der Waals surface area contributed by atoms with Gasteiger partial charge < -0.3 is 9.67 Å². The highest BCUT2D eigenvalue weighted by Gasteiger charge is 2.22. The Kier molecular flexibility index (Phi) is 3.26. The molecule has 0 aliphatic carbocycles. The second-order valence-electron chi connectivity index (χ2n) is 4.12. The molecule has 1 aromatic heterocycles. The third kappa shape index (κ3) is 1.96. The summed E-state index contributed by atoms with van der Waals surface area (Å²) in [5.41, 5.74) is 0.109. The minimum atomic E-state index is -1.19. The molecular weight excluding hydrogens is 401 g/mol. The molecule has 2 heterocycles. The van der Waals surface area contributed by atoms with Crippen molar-refractivity contribution in [3.8, 4) is 0 Å². The molecule has 4 nitrogen and oxygen atoms in total. The molecule has 19 heavy (non-hydrogen) atoms. The number of hydrogen-bond acceptors (Lipinski definition) is 3. The Balaban J connectivity index is 2.55. The lowest BCUT2D eigenvalue weighted by molar-refractivity contribution is 0.0695. The lowest BCUT2D eigenvalue weighted by Gasteiger charge is -2.21. The Morgan fingerprint density at radius 1 is 1.53 bits per heavy atom. The molecule has 98 valence electrons. The molecule has 1 aliphatic rings. The fourth-order valence-corrected chi connectivity index (χ4v) is 4.35. The molecule has 0 fully saturated rings. The number of hydrogen-bond donors (Lipinski definition) is 1. The number of carboxylic acids is 1. The van der Waals surface area contributed by atoms with Gasteiger partial charge in [0.2, 0.25) is 5.43 Å². The molecule has 0 bridgehead atoms. The van der Waals surface area contributed by atoms with Crippen molar-refractivity contribution in [2.45, 2.75) is 11.4 Å². The maximum atomic E-state index is 12.2. The number of thioether (sulfide) groups is 1. The van der Waals surface area contributed by atoms with Gasteiger partial charge in [-0.2, -0.15) is 0 Å². The van der Waals surface area contributed by atoms with Crippen molar-refractivity contribution in [1.82, 2.24) is 4.57 Å². The molecule has 0 unspecified atom stereocenters. The van der Waals surface area contributed by atoms with Gasteiger partial charge in [-0.25, -0.2) is 4.79 Å². The molecule has 1 aliphatic heterocycles. The van der Waals surface area contributed by atoms with Crippen molar-refractivity contribution >= 4 is 62.8 Å². The van der Waals surface area contributed by atoms with Crippen molar-refractivity contribution in [2.75, 3.05) is 5.75 Å². The molecule has 0 saturated carbocycles. The number of carboxylic acid groups (broad SMARTS) is 1. The van der Waals surface area contributed by atoms with Crippen molar-refractivity contribution in [3.63, 3.8) is 0 Å². The minimum absolute atomic E-state index is 0.191. The number of aromatic nitrogens is 1. The van der Waals surface area contributed by atoms with Crippen LogP contribution in [0.3, 0.4) is 0 Å². The van der Waals surface area contributed by atoms with E-state index in [-0.39, 0.29) is 5.56 Å². The first-order valence-electron chi connectivity index (χ1n) is 5.42. The van der Waals surface area contributed by atoms with Gasteiger partial charge >= 0.3 is 5.97 Å². The Morgan fingerprint density at radius 2 is 2.26 bits per heavy atom. The van der Waals surface area contributed by atoms with E-state index < -0.39 is 11.4 Å². The molecule has 2 aromatic rings. The van der Waals surface area contributed by atoms with Crippen molar-refractivity contribution in [2.24, 2.45) is 0 Å². The fraction of sp³-hybridized carbons (Fsp3) is 0.167. The van der Waals surface area contributed by atoms with Gasteiger partial charge in [0.1, 0.15) is 5.56 Å². The quantitative estimate of drug-likeness (QED) is 0.738. The van der Waals surface area contributed by atoms with Gasteiger partial charge in [0, 0.05) is 27.5 Å². The predicted molar refractivity (Wildman–Crippen MR) is 83.6 cm³/mol. The first-order chi connectivity index (χ1) is 9.00. The van der Waals surface area contributed by atoms with Crippen LogP contribution in [-0.2, 0) is 6.54 Å². The number of aryl methyl sites for hydroxylation is 1. The summed E-state index contributed by atoms with van der Waals surface area (Å²) >= 11 is 9.94. The largest absolute Gasteiger partial charge is 0.477 e. The van der Waals surface area contributed by atoms with Crippen molar-refractivity contribution in [1.29, 1.82) is 0 Å². The Morgan fingerprint density at radius 3 is 2.95 bits per heavy atom. The van der Waals surface area contributed by atoms with E-state index in [2.05, 4.69) is 22.6 Å². The number of pyridine rings is 1. The maximum Gasteiger partial charge on any atom is 0.341 e. The van der Waals surface area contributed by atoms with Crippen LogP contribution in [0.15, 0.2) is 22.0 Å². The van der Waals surface area contributed by atoms with Crippen LogP contribution in [0.25, 0.3) is 10.9 Å². The summed E-state index contributed by atoms with van der Waals surface area (Å²) in [6.45, 7) is 0.672. The normalized spacial score (nSPS) is 13.8. The number of halogens is 2. The molecule has 0 saturated heterocycles. The topological polar surface area (TPSA) is 59.3 Å². The van der Waals surface area contributed by atoms with Crippen LogP contribution in [-0.4, -0.2) is 21.4 Å². The summed E-state index contributed by atoms with van der Waals surface area (Å²) in [6.07, 6.45) is 1.42. The summed E-state index contributed by atoms with van der Waals surface area (Å²) < 4.78 is 2.58. The SMILES string of the molecule is O=C(O)c1cn2c3c(c(Cl)c(I)cc3c1=O)SCC2. The highest BCUT2D eigenvalue weighted by molar-refractivity contribution is 14.1. The molecule has 0 amide bonds. The van der Waals surface area contributed by atoms with Crippen LogP contribution in [0, 0.1) is 3.57 Å². The second kappa shape index (κ2) is 4.68. The highest BCUT2D eigenvalue weighted by atomic mass is 127. The summed E-state index contributed by atoms with van der Waals surface area (Å²) in [7, 11) is 0. The van der Waals surface area contributed by atoms with Crippen LogP contribution in [0.4, 0.5) is 0 Å². The third-order valence-electron chi connectivity index (χ3n) is 3.02. The molecular formula is C12H7ClINO3S. The second-order valence-corrected chi connectivity index (χ2v) is 6.76. The fourth-order valence-electron chi connectivity index (χ4n) is 2.18. The zero-order valence-electron chi connectivity index (χ0n) is 9.44. The number of aromatic carboxylic acids is 1. The van der Waals surface area contributed by atoms with Crippen LogP contribution in [0.1, 0.15) is 10.4 Å². The Hall–Kier alpha value is -0.730. The van der Waals surface area contributed by atoms with E-state index in [9.17, 15) is 9.59 Å². The smallest absolute Gasteiger partial charge is 0.341 e. The molecule has 1 aromatic carbocycles. The first kappa shape index (κ1) is 13.3. The van der Waals surface area contributed by atoms with E-state index in [1.54, 1.807) is 17.8 Å². The lowest BCUT2D eigenvalue weighted by atomic mass is 10.1. The monoisotopic (exact) mass is 407 g/mol. The van der Waals surface area contributed by atoms with Crippen molar-refractivity contribution in [3.05, 3.63) is 36.6 Å². The van der Waals surface area contributed by atoms with E-state index in [1.165, 1.54) is 6.20 Å². The van der Waals surface area contributed by atoms with Gasteiger partial charge in [-0.3, -0.25) is 4.79 Å². The third-order valence-corrected chi connectivity index (χ3v) is 5.77. The number of nitrogens with zero attached hydrogens (tertiary/aromatic N) is 1. The molecule has 0 radical (unpaired) electrons. The molecule has 3 rings (SSSR count). The maximum absolute atomic E-state index is 12.2. The Bertz CT molecular complexity index is 787. The molecule has 7 heteroatoms. The molecule has 0 atom stereocenters. The average Bonchev–Trinajstić information content (AvgIpc) is 2.38. The van der Waals surface area contributed by atoms with Crippen LogP contribution >= 0.6 is 46.0 Å². The summed E-state index contributed by atoms with van der Waals surface area (Å²) in [5, 5.41) is 10.2. The van der Waals surface area contributed by atoms with Gasteiger partial charge in [0.25, 0.3) is 0 Å². The predicted octanol–water partition coefficient (Wildman–Crippen LogP) is 3.06. The van der Waals surface area contributed by atoms with E-state index in [4.69, 9.17) is 16.7 Å². The van der Waals surface area contributed by atoms with Crippen LogP contribution < -0.4 is 5.43 Å². The van der Waals surface area contributed by atoms with Gasteiger partial charge in [-0.1, -0.05) is 11.6 Å². The van der Waals surface area contributed by atoms with Gasteiger partial charge in [0.05, 0.1) is 15.4 Å². The lowest BCUT2D eigenvalue weighted by Crippen LogP contribution is -2.21. The summed E-state index contributed by atoms with van der Waals surface area (Å²) in [5.74, 6) is -0.385. The standard InChI is InChI=1S/C12H7ClINO3S/c13-8-7(14)3-5-9-11(8)19-2-1-15(9)4-6(10(5)16)12(17)18/h3-4H,1-2H2,(H,17,18). The number of carbonyl (C=O) groups is 1. The zero-order valence-corrected chi connectivity index (χ0v) is 13.2. The van der Waals surface area contributed by atoms with Crippen LogP contribution in [0.5, 0.6) is 0 Å². The first-order valence-corrected chi connectivity index (χ1v) is 7.86. The van der Waals surface area contributed by atoms with Gasteiger partial charge in [-0.15, -0.1) is 11.8 Å². The minimum Gasteiger partial charge on any atom is -0.477 e. The Labute approximate surface area is 130 Å². The van der Waals surface area contributed by atoms with E-state index >= 15 is 0 Å². The van der Waals surface area contributed by atoms with Gasteiger partial charge in [0.15, 0.2) is 0 Å². The summed E-state index contributed by atoms with van der Waals surface area (Å²) in [6, 6.07) is 1.67. The van der Waals surface area contributed by atoms with Crippen LogP contribution in [0.2, 0.25) is 5.02 Å². The van der Waals surface area contributed by atoms with E-state index in [0.717, 1.165) is 19.7 Å². The van der Waals surface area contributed by atoms with E-state index in [0.29, 0.717) is 17.0 Å². The number of rotatable bonds is 1. The van der Waals surface area contributed by atoms with Gasteiger partial charge in [-0.05, 0) is 28.7 Å².